The smallest absolute Gasteiger partial charge is 0.324 e. The molecule has 0 unspecified atom stereocenters. The molecule has 0 radical (unpaired) electrons. The van der Waals surface area contributed by atoms with Gasteiger partial charge in [-0.3, -0.25) is 9.48 Å². The van der Waals surface area contributed by atoms with Crippen molar-refractivity contribution in [2.45, 2.75) is 25.6 Å². The number of rotatable bonds is 3. The lowest BCUT2D eigenvalue weighted by Gasteiger charge is -2.24. The summed E-state index contributed by atoms with van der Waals surface area (Å²) >= 11 is 0. The average Bonchev–Trinajstić information content (AvgIpc) is 2.93. The molecule has 2 aromatic rings. The molecule has 1 heterocycles. The second kappa shape index (κ2) is 5.96. The number of nitriles is 1. The van der Waals surface area contributed by atoms with Gasteiger partial charge in [0.05, 0.1) is 29.6 Å². The number of nitrogens with one attached hydrogen (secondary N) is 1. The molecule has 0 aliphatic carbocycles. The zero-order valence-electron chi connectivity index (χ0n) is 12.6. The summed E-state index contributed by atoms with van der Waals surface area (Å²) in [6, 6.07) is 4.29. The van der Waals surface area contributed by atoms with Gasteiger partial charge in [0, 0.05) is 5.69 Å². The van der Waals surface area contributed by atoms with Crippen LogP contribution < -0.4 is 5.32 Å². The van der Waals surface area contributed by atoms with Gasteiger partial charge < -0.3 is 5.32 Å². The molecule has 0 spiro atoms. The predicted molar refractivity (Wildman–Crippen MR) is 76.3 cm³/mol. The Balaban J connectivity index is 2.31. The second-order valence-electron chi connectivity index (χ2n) is 5.49. The van der Waals surface area contributed by atoms with Crippen LogP contribution in [-0.4, -0.2) is 15.7 Å². The molecule has 0 saturated heterocycles. The summed E-state index contributed by atoms with van der Waals surface area (Å²) in [5.41, 5.74) is -3.16. The molecule has 0 fully saturated rings. The Morgan fingerprint density at radius 2 is 2.00 bits per heavy atom. The predicted octanol–water partition coefficient (Wildman–Crippen LogP) is 3.29. The van der Waals surface area contributed by atoms with Crippen LogP contribution in [0.5, 0.6) is 0 Å². The van der Waals surface area contributed by atoms with Gasteiger partial charge in [-0.25, -0.2) is 4.39 Å². The molecule has 5 nitrogen and oxygen atoms in total. The fourth-order valence-electron chi connectivity index (χ4n) is 1.95. The Labute approximate surface area is 134 Å². The highest BCUT2D eigenvalue weighted by molar-refractivity contribution is 5.96. The van der Waals surface area contributed by atoms with Crippen LogP contribution in [0.2, 0.25) is 0 Å². The number of carbonyl (C=O) groups excluding carboxylic acids is 1. The molecule has 0 aliphatic heterocycles. The topological polar surface area (TPSA) is 70.7 Å². The summed E-state index contributed by atoms with van der Waals surface area (Å²) < 4.78 is 52.9. The highest BCUT2D eigenvalue weighted by Crippen LogP contribution is 2.33. The van der Waals surface area contributed by atoms with Gasteiger partial charge in [0.1, 0.15) is 5.54 Å². The van der Waals surface area contributed by atoms with Crippen LogP contribution in [0.1, 0.15) is 25.0 Å². The molecule has 126 valence electrons. The molecule has 0 aliphatic rings. The number of hydrogen-bond donors (Lipinski definition) is 1. The van der Waals surface area contributed by atoms with E-state index >= 15 is 0 Å². The molecule has 1 aromatic heterocycles. The number of benzene rings is 1. The van der Waals surface area contributed by atoms with E-state index in [1.807, 2.05) is 0 Å². The number of aromatic nitrogens is 2. The first-order chi connectivity index (χ1) is 11.1. The second-order valence-corrected chi connectivity index (χ2v) is 5.49. The molecule has 1 amide bonds. The SMILES string of the molecule is CC(C)(C(=O)Nc1ccc(C#N)c(C(F)(F)F)c1)n1cc(F)cn1. The number of amides is 1. The van der Waals surface area contributed by atoms with Crippen LogP contribution >= 0.6 is 0 Å². The number of nitrogens with zero attached hydrogens (tertiary/aromatic N) is 3. The van der Waals surface area contributed by atoms with Crippen LogP contribution in [0, 0.1) is 17.1 Å². The van der Waals surface area contributed by atoms with Crippen molar-refractivity contribution < 1.29 is 22.4 Å². The first-order valence-electron chi connectivity index (χ1n) is 6.69. The highest BCUT2D eigenvalue weighted by Gasteiger charge is 2.35. The van der Waals surface area contributed by atoms with Gasteiger partial charge >= 0.3 is 6.18 Å². The maximum Gasteiger partial charge on any atom is 0.417 e. The van der Waals surface area contributed by atoms with E-state index in [0.29, 0.717) is 6.07 Å². The van der Waals surface area contributed by atoms with Crippen molar-refractivity contribution in [1.82, 2.24) is 9.78 Å². The normalized spacial score (nSPS) is 11.9. The molecule has 0 bridgehead atoms. The van der Waals surface area contributed by atoms with Crippen molar-refractivity contribution in [2.24, 2.45) is 0 Å². The minimum absolute atomic E-state index is 0.132. The number of anilines is 1. The van der Waals surface area contributed by atoms with E-state index in [9.17, 15) is 22.4 Å². The number of hydrogen-bond acceptors (Lipinski definition) is 3. The minimum Gasteiger partial charge on any atom is -0.324 e. The lowest BCUT2D eigenvalue weighted by atomic mass is 10.0. The Hall–Kier alpha value is -2.89. The summed E-state index contributed by atoms with van der Waals surface area (Å²) in [5, 5.41) is 14.8. The number of halogens is 4. The molecule has 1 aromatic carbocycles. The third-order valence-corrected chi connectivity index (χ3v) is 3.38. The maximum absolute atomic E-state index is 13.0. The summed E-state index contributed by atoms with van der Waals surface area (Å²) in [6.07, 6.45) is -2.82. The molecule has 0 atom stereocenters. The third kappa shape index (κ3) is 3.37. The third-order valence-electron chi connectivity index (χ3n) is 3.38. The van der Waals surface area contributed by atoms with Crippen LogP contribution in [0.4, 0.5) is 23.2 Å². The fourth-order valence-corrected chi connectivity index (χ4v) is 1.95. The monoisotopic (exact) mass is 340 g/mol. The lowest BCUT2D eigenvalue weighted by Crippen LogP contribution is -2.40. The zero-order valence-corrected chi connectivity index (χ0v) is 12.6. The summed E-state index contributed by atoms with van der Waals surface area (Å²) in [4.78, 5) is 12.3. The first kappa shape index (κ1) is 17.5. The van der Waals surface area contributed by atoms with Crippen LogP contribution in [0.25, 0.3) is 0 Å². The molecular formula is C15H12F4N4O. The standard InChI is InChI=1S/C15H12F4N4O/c1-14(2,23-8-10(16)7-21-23)13(24)22-11-4-3-9(6-20)12(5-11)15(17,18)19/h3-5,7-8H,1-2H3,(H,22,24). The quantitative estimate of drug-likeness (QED) is 0.872. The Bertz CT molecular complexity index is 818. The highest BCUT2D eigenvalue weighted by atomic mass is 19.4. The molecule has 2 rings (SSSR count). The minimum atomic E-state index is -4.73. The van der Waals surface area contributed by atoms with Gasteiger partial charge in [0.15, 0.2) is 5.82 Å². The van der Waals surface area contributed by atoms with Crippen LogP contribution in [0.3, 0.4) is 0 Å². The molecule has 1 N–H and O–H groups in total. The van der Waals surface area contributed by atoms with Gasteiger partial charge in [-0.1, -0.05) is 0 Å². The van der Waals surface area contributed by atoms with Gasteiger partial charge in [0.25, 0.3) is 5.91 Å². The molecule has 9 heteroatoms. The molecule has 24 heavy (non-hydrogen) atoms. The maximum atomic E-state index is 13.0. The largest absolute Gasteiger partial charge is 0.417 e. The Morgan fingerprint density at radius 1 is 1.33 bits per heavy atom. The van der Waals surface area contributed by atoms with E-state index in [-0.39, 0.29) is 5.69 Å². The van der Waals surface area contributed by atoms with Gasteiger partial charge in [0.2, 0.25) is 0 Å². The van der Waals surface area contributed by atoms with Crippen molar-refractivity contribution >= 4 is 11.6 Å². The fraction of sp³-hybridized carbons (Fsp3) is 0.267. The summed E-state index contributed by atoms with van der Waals surface area (Å²) in [7, 11) is 0. The first-order valence-corrected chi connectivity index (χ1v) is 6.69. The van der Waals surface area contributed by atoms with E-state index in [4.69, 9.17) is 5.26 Å². The van der Waals surface area contributed by atoms with Gasteiger partial charge in [-0.2, -0.15) is 23.5 Å². The average molecular weight is 340 g/mol. The summed E-state index contributed by atoms with van der Waals surface area (Å²) in [5.74, 6) is -1.34. The van der Waals surface area contributed by atoms with Crippen molar-refractivity contribution in [2.75, 3.05) is 5.32 Å². The van der Waals surface area contributed by atoms with Gasteiger partial charge in [-0.05, 0) is 32.0 Å². The number of alkyl halides is 3. The van der Waals surface area contributed by atoms with E-state index < -0.39 is 34.6 Å². The molecule has 0 saturated carbocycles. The van der Waals surface area contributed by atoms with Crippen molar-refractivity contribution in [1.29, 1.82) is 5.26 Å². The van der Waals surface area contributed by atoms with Gasteiger partial charge in [-0.15, -0.1) is 0 Å². The summed E-state index contributed by atoms with van der Waals surface area (Å²) in [6.45, 7) is 2.87. The van der Waals surface area contributed by atoms with Crippen molar-refractivity contribution in [3.63, 3.8) is 0 Å². The molecular weight excluding hydrogens is 328 g/mol. The Morgan fingerprint density at radius 3 is 2.50 bits per heavy atom. The Kier molecular flexibility index (Phi) is 4.34. The van der Waals surface area contributed by atoms with E-state index in [2.05, 4.69) is 10.4 Å². The van der Waals surface area contributed by atoms with E-state index in [1.54, 1.807) is 0 Å². The van der Waals surface area contributed by atoms with Crippen molar-refractivity contribution in [3.8, 4) is 6.07 Å². The lowest BCUT2D eigenvalue weighted by molar-refractivity contribution is -0.137. The van der Waals surface area contributed by atoms with Crippen molar-refractivity contribution in [3.05, 3.63) is 47.5 Å². The van der Waals surface area contributed by atoms with Crippen LogP contribution in [-0.2, 0) is 16.5 Å². The van der Waals surface area contributed by atoms with Crippen LogP contribution in [0.15, 0.2) is 30.6 Å². The zero-order chi connectivity index (χ0) is 18.1. The van der Waals surface area contributed by atoms with E-state index in [1.165, 1.54) is 26.0 Å². The van der Waals surface area contributed by atoms with E-state index in [0.717, 1.165) is 23.1 Å². The number of carbonyl (C=O) groups is 1.